The zero-order valence-electron chi connectivity index (χ0n) is 15.8. The average molecular weight is 354 g/mol. The van der Waals surface area contributed by atoms with Crippen LogP contribution in [0.3, 0.4) is 0 Å². The Bertz CT molecular complexity index is 780. The fraction of sp³-hybridized carbons (Fsp3) is 0.333. The summed E-state index contributed by atoms with van der Waals surface area (Å²) in [7, 11) is 1.63. The number of carbonyl (C=O) groups excluding carboxylic acids is 2. The third-order valence-corrected chi connectivity index (χ3v) is 4.05. The van der Waals surface area contributed by atoms with E-state index in [1.54, 1.807) is 7.11 Å². The highest BCUT2D eigenvalue weighted by Crippen LogP contribution is 2.19. The van der Waals surface area contributed by atoms with Crippen molar-refractivity contribution >= 4 is 11.8 Å². The largest absolute Gasteiger partial charge is 0.496 e. The number of aryl methyl sites for hydroxylation is 3. The van der Waals surface area contributed by atoms with Crippen molar-refractivity contribution in [2.24, 2.45) is 0 Å². The topological polar surface area (TPSA) is 67.4 Å². The van der Waals surface area contributed by atoms with Crippen molar-refractivity contribution in [1.29, 1.82) is 0 Å². The van der Waals surface area contributed by atoms with Gasteiger partial charge in [0.05, 0.1) is 13.7 Å². The van der Waals surface area contributed by atoms with Crippen LogP contribution >= 0.6 is 0 Å². The molecule has 0 aromatic heterocycles. The van der Waals surface area contributed by atoms with E-state index in [2.05, 4.69) is 10.6 Å². The minimum atomic E-state index is -0.243. The van der Waals surface area contributed by atoms with Crippen LogP contribution in [0.1, 0.15) is 32.6 Å². The molecule has 138 valence electrons. The van der Waals surface area contributed by atoms with Crippen molar-refractivity contribution in [2.45, 2.75) is 27.2 Å². The molecule has 0 atom stereocenters. The fourth-order valence-electron chi connectivity index (χ4n) is 2.87. The molecular weight excluding hydrogens is 328 g/mol. The lowest BCUT2D eigenvalue weighted by Crippen LogP contribution is -2.37. The van der Waals surface area contributed by atoms with Crippen LogP contribution in [-0.2, 0) is 11.2 Å². The van der Waals surface area contributed by atoms with Crippen LogP contribution < -0.4 is 15.4 Å². The van der Waals surface area contributed by atoms with Gasteiger partial charge in [-0.05, 0) is 51.0 Å². The quantitative estimate of drug-likeness (QED) is 0.803. The molecule has 0 aliphatic carbocycles. The van der Waals surface area contributed by atoms with Crippen molar-refractivity contribution in [3.63, 3.8) is 0 Å². The first kappa shape index (κ1) is 19.5. The second-order valence-corrected chi connectivity index (χ2v) is 6.47. The zero-order valence-corrected chi connectivity index (χ0v) is 15.8. The lowest BCUT2D eigenvalue weighted by atomic mass is 10.1. The molecular formula is C21H26N2O3. The van der Waals surface area contributed by atoms with E-state index < -0.39 is 0 Å². The van der Waals surface area contributed by atoms with Gasteiger partial charge in [-0.3, -0.25) is 9.59 Å². The van der Waals surface area contributed by atoms with Gasteiger partial charge in [0.15, 0.2) is 0 Å². The van der Waals surface area contributed by atoms with Gasteiger partial charge >= 0.3 is 0 Å². The monoisotopic (exact) mass is 354 g/mol. The maximum Gasteiger partial charge on any atom is 0.251 e. The summed E-state index contributed by atoms with van der Waals surface area (Å²) < 4.78 is 5.34. The van der Waals surface area contributed by atoms with Gasteiger partial charge in [-0.15, -0.1) is 0 Å². The van der Waals surface area contributed by atoms with Crippen LogP contribution in [0, 0.1) is 20.8 Å². The third-order valence-electron chi connectivity index (χ3n) is 4.05. The van der Waals surface area contributed by atoms with Crippen molar-refractivity contribution in [3.8, 4) is 5.75 Å². The Hall–Kier alpha value is -2.82. The number of nitrogens with one attached hydrogen (secondary N) is 2. The number of carbonyl (C=O) groups is 2. The Morgan fingerprint density at radius 1 is 0.923 bits per heavy atom. The van der Waals surface area contributed by atoms with Gasteiger partial charge < -0.3 is 15.4 Å². The first-order valence-electron chi connectivity index (χ1n) is 8.65. The molecule has 0 saturated carbocycles. The van der Waals surface area contributed by atoms with E-state index in [0.29, 0.717) is 18.5 Å². The summed E-state index contributed by atoms with van der Waals surface area (Å²) in [6, 6.07) is 11.6. The highest BCUT2D eigenvalue weighted by Gasteiger charge is 2.09. The number of rotatable bonds is 7. The van der Waals surface area contributed by atoms with Gasteiger partial charge in [0.2, 0.25) is 5.91 Å². The summed E-state index contributed by atoms with van der Waals surface area (Å²) in [6.45, 7) is 6.34. The van der Waals surface area contributed by atoms with Crippen molar-refractivity contribution < 1.29 is 14.3 Å². The summed E-state index contributed by atoms with van der Waals surface area (Å²) >= 11 is 0. The van der Waals surface area contributed by atoms with Gasteiger partial charge in [-0.1, -0.05) is 34.9 Å². The Morgan fingerprint density at radius 2 is 1.62 bits per heavy atom. The molecule has 2 aromatic rings. The Kier molecular flexibility index (Phi) is 6.78. The van der Waals surface area contributed by atoms with Gasteiger partial charge in [0.25, 0.3) is 5.91 Å². The summed E-state index contributed by atoms with van der Waals surface area (Å²) in [5, 5.41) is 5.48. The third kappa shape index (κ3) is 5.62. The van der Waals surface area contributed by atoms with Gasteiger partial charge in [0, 0.05) is 12.1 Å². The van der Waals surface area contributed by atoms with Gasteiger partial charge in [0.1, 0.15) is 5.75 Å². The molecule has 5 nitrogen and oxygen atoms in total. The van der Waals surface area contributed by atoms with E-state index >= 15 is 0 Å². The standard InChI is InChI=1S/C21H26N2O3/c1-14-5-6-19(26-4)17(10-14)7-8-22-20(24)13-23-21(25)18-11-15(2)9-16(3)12-18/h5-6,9-12H,7-8,13H2,1-4H3,(H,22,24)(H,23,25). The number of hydrogen-bond donors (Lipinski definition) is 2. The van der Waals surface area contributed by atoms with E-state index in [1.807, 2.05) is 57.2 Å². The van der Waals surface area contributed by atoms with Gasteiger partial charge in [-0.25, -0.2) is 0 Å². The molecule has 26 heavy (non-hydrogen) atoms. The van der Waals surface area contributed by atoms with E-state index in [1.165, 1.54) is 0 Å². The smallest absolute Gasteiger partial charge is 0.251 e. The number of methoxy groups -OCH3 is 1. The van der Waals surface area contributed by atoms with Crippen LogP contribution in [0.4, 0.5) is 0 Å². The second-order valence-electron chi connectivity index (χ2n) is 6.47. The minimum absolute atomic E-state index is 0.0449. The SMILES string of the molecule is COc1ccc(C)cc1CCNC(=O)CNC(=O)c1cc(C)cc(C)c1. The van der Waals surface area contributed by atoms with Crippen molar-refractivity contribution in [1.82, 2.24) is 10.6 Å². The molecule has 0 aliphatic rings. The van der Waals surface area contributed by atoms with E-state index in [9.17, 15) is 9.59 Å². The van der Waals surface area contributed by atoms with Crippen LogP contribution in [0.25, 0.3) is 0 Å². The molecule has 2 N–H and O–H groups in total. The lowest BCUT2D eigenvalue weighted by molar-refractivity contribution is -0.120. The summed E-state index contributed by atoms with van der Waals surface area (Å²) in [5.74, 6) is 0.356. The Morgan fingerprint density at radius 3 is 2.27 bits per heavy atom. The number of benzene rings is 2. The normalized spacial score (nSPS) is 10.3. The van der Waals surface area contributed by atoms with Crippen LogP contribution in [-0.4, -0.2) is 32.0 Å². The molecule has 2 aromatic carbocycles. The summed E-state index contributed by atoms with van der Waals surface area (Å²) in [6.07, 6.45) is 0.668. The Labute approximate surface area is 154 Å². The van der Waals surface area contributed by atoms with Crippen LogP contribution in [0.15, 0.2) is 36.4 Å². The number of ether oxygens (including phenoxy) is 1. The minimum Gasteiger partial charge on any atom is -0.496 e. The van der Waals surface area contributed by atoms with E-state index in [-0.39, 0.29) is 18.4 Å². The Balaban J connectivity index is 1.80. The molecule has 0 fully saturated rings. The van der Waals surface area contributed by atoms with Crippen LogP contribution in [0.5, 0.6) is 5.75 Å². The maximum absolute atomic E-state index is 12.2. The molecule has 2 amide bonds. The van der Waals surface area contributed by atoms with Crippen molar-refractivity contribution in [3.05, 3.63) is 64.2 Å². The summed E-state index contributed by atoms with van der Waals surface area (Å²) in [5.41, 5.74) is 4.80. The molecule has 0 heterocycles. The van der Waals surface area contributed by atoms with E-state index in [4.69, 9.17) is 4.74 Å². The fourth-order valence-corrected chi connectivity index (χ4v) is 2.87. The zero-order chi connectivity index (χ0) is 19.1. The lowest BCUT2D eigenvalue weighted by Gasteiger charge is -2.11. The molecule has 0 aliphatic heterocycles. The maximum atomic E-state index is 12.2. The first-order valence-corrected chi connectivity index (χ1v) is 8.65. The molecule has 0 saturated heterocycles. The summed E-state index contributed by atoms with van der Waals surface area (Å²) in [4.78, 5) is 24.1. The van der Waals surface area contributed by atoms with E-state index in [0.717, 1.165) is 28.0 Å². The highest BCUT2D eigenvalue weighted by atomic mass is 16.5. The molecule has 0 spiro atoms. The predicted molar refractivity (Wildman–Crippen MR) is 103 cm³/mol. The van der Waals surface area contributed by atoms with Gasteiger partial charge in [-0.2, -0.15) is 0 Å². The number of hydrogen-bond acceptors (Lipinski definition) is 3. The molecule has 0 unspecified atom stereocenters. The first-order chi connectivity index (χ1) is 12.4. The second kappa shape index (κ2) is 9.04. The molecule has 5 heteroatoms. The van der Waals surface area contributed by atoms with Crippen molar-refractivity contribution in [2.75, 3.05) is 20.2 Å². The molecule has 0 radical (unpaired) electrons. The molecule has 0 bridgehead atoms. The highest BCUT2D eigenvalue weighted by molar-refractivity contribution is 5.96. The predicted octanol–water partition coefficient (Wildman–Crippen LogP) is 2.71. The molecule has 2 rings (SSSR count). The number of amides is 2. The van der Waals surface area contributed by atoms with Crippen LogP contribution in [0.2, 0.25) is 0 Å². The average Bonchev–Trinajstić information content (AvgIpc) is 2.59.